The number of para-hydroxylation sites is 1. The van der Waals surface area contributed by atoms with Crippen molar-refractivity contribution in [1.82, 2.24) is 4.90 Å². The summed E-state index contributed by atoms with van der Waals surface area (Å²) in [7, 11) is 0. The number of rotatable bonds is 6. The van der Waals surface area contributed by atoms with Crippen molar-refractivity contribution in [3.05, 3.63) is 40.8 Å². The zero-order valence-corrected chi connectivity index (χ0v) is 14.4. The summed E-state index contributed by atoms with van der Waals surface area (Å²) in [6, 6.07) is 5.11. The van der Waals surface area contributed by atoms with Crippen molar-refractivity contribution in [3.63, 3.8) is 0 Å². The Morgan fingerprint density at radius 3 is 2.88 bits per heavy atom. The Balaban J connectivity index is 2.15. The Bertz CT molecular complexity index is 742. The molecule has 0 saturated carbocycles. The number of nitrogens with zero attached hydrogens (tertiary/aromatic N) is 1. The molecule has 1 saturated heterocycles. The molecule has 1 aromatic carbocycles. The smallest absolute Gasteiger partial charge is 0.323 e. The van der Waals surface area contributed by atoms with Gasteiger partial charge in [0.05, 0.1) is 11.5 Å². The molecule has 1 heterocycles. The molecule has 1 aromatic rings. The van der Waals surface area contributed by atoms with Crippen molar-refractivity contribution in [1.29, 1.82) is 0 Å². The Kier molecular flexibility index (Phi) is 5.99. The number of phenolic OH excluding ortho intramolecular Hbond substituents is 1. The lowest BCUT2D eigenvalue weighted by atomic mass is 10.1. The van der Waals surface area contributed by atoms with Crippen molar-refractivity contribution in [2.24, 2.45) is 0 Å². The molecule has 126 valence electrons. The Morgan fingerprint density at radius 2 is 2.21 bits per heavy atom. The second-order valence-corrected chi connectivity index (χ2v) is 6.35. The molecule has 0 atom stereocenters. The van der Waals surface area contributed by atoms with Crippen LogP contribution in [-0.4, -0.2) is 44.5 Å². The second kappa shape index (κ2) is 7.98. The van der Waals surface area contributed by atoms with Gasteiger partial charge in [-0.3, -0.25) is 14.5 Å². The first-order chi connectivity index (χ1) is 11.4. The monoisotopic (exact) mass is 365 g/mol. The van der Waals surface area contributed by atoms with E-state index in [1.165, 1.54) is 6.08 Å². The zero-order valence-electron chi connectivity index (χ0n) is 12.8. The number of aromatic hydroxyl groups is 1. The van der Waals surface area contributed by atoms with Crippen LogP contribution in [0.4, 0.5) is 0 Å². The predicted octanol–water partition coefficient (Wildman–Crippen LogP) is 2.63. The van der Waals surface area contributed by atoms with E-state index >= 15 is 0 Å². The lowest BCUT2D eigenvalue weighted by Crippen LogP contribution is -2.33. The molecule has 1 fully saturated rings. The summed E-state index contributed by atoms with van der Waals surface area (Å²) in [5.41, 5.74) is 0.540. The van der Waals surface area contributed by atoms with Crippen LogP contribution < -0.4 is 4.74 Å². The van der Waals surface area contributed by atoms with Gasteiger partial charge in [-0.05, 0) is 19.1 Å². The maximum atomic E-state index is 12.1. The molecule has 2 rings (SSSR count). The van der Waals surface area contributed by atoms with Gasteiger partial charge >= 0.3 is 5.97 Å². The van der Waals surface area contributed by atoms with Gasteiger partial charge in [0.1, 0.15) is 10.9 Å². The van der Waals surface area contributed by atoms with Crippen LogP contribution in [-0.2, 0) is 9.59 Å². The van der Waals surface area contributed by atoms with Crippen LogP contribution in [0.15, 0.2) is 35.3 Å². The van der Waals surface area contributed by atoms with Crippen molar-refractivity contribution in [3.8, 4) is 11.5 Å². The summed E-state index contributed by atoms with van der Waals surface area (Å²) >= 11 is 6.05. The first kappa shape index (κ1) is 18.0. The fraction of sp³-hybridized carbons (Fsp3) is 0.188. The van der Waals surface area contributed by atoms with Gasteiger partial charge in [0.25, 0.3) is 5.91 Å². The molecule has 1 aliphatic heterocycles. The minimum absolute atomic E-state index is 0.0161. The van der Waals surface area contributed by atoms with E-state index in [2.05, 4.69) is 0 Å². The number of allylic oxidation sites excluding steroid dienone is 2. The first-order valence-electron chi connectivity index (χ1n) is 7.02. The topological polar surface area (TPSA) is 87.1 Å². The molecule has 0 radical (unpaired) electrons. The van der Waals surface area contributed by atoms with Crippen molar-refractivity contribution in [2.75, 3.05) is 13.2 Å². The summed E-state index contributed by atoms with van der Waals surface area (Å²) in [5.74, 6) is -1.17. The summed E-state index contributed by atoms with van der Waals surface area (Å²) in [4.78, 5) is 24.2. The highest BCUT2D eigenvalue weighted by molar-refractivity contribution is 8.26. The van der Waals surface area contributed by atoms with Gasteiger partial charge in [-0.25, -0.2) is 0 Å². The summed E-state index contributed by atoms with van der Waals surface area (Å²) in [5, 5.41) is 18.9. The number of ether oxygens (including phenoxy) is 1. The molecule has 0 bridgehead atoms. The average molecular weight is 365 g/mol. The van der Waals surface area contributed by atoms with E-state index in [1.54, 1.807) is 30.4 Å². The fourth-order valence-corrected chi connectivity index (χ4v) is 3.18. The number of phenols is 1. The van der Waals surface area contributed by atoms with Gasteiger partial charge in [-0.2, -0.15) is 0 Å². The van der Waals surface area contributed by atoms with Crippen LogP contribution in [0.25, 0.3) is 6.08 Å². The number of benzene rings is 1. The third-order valence-electron chi connectivity index (χ3n) is 3.02. The minimum Gasteiger partial charge on any atom is -0.504 e. The number of aliphatic carboxylic acids is 1. The largest absolute Gasteiger partial charge is 0.504 e. The van der Waals surface area contributed by atoms with E-state index < -0.39 is 18.4 Å². The van der Waals surface area contributed by atoms with E-state index in [4.69, 9.17) is 22.1 Å². The van der Waals surface area contributed by atoms with Gasteiger partial charge in [-0.15, -0.1) is 0 Å². The van der Waals surface area contributed by atoms with E-state index in [1.807, 2.05) is 6.92 Å². The molecular formula is C16H15NO5S2. The summed E-state index contributed by atoms with van der Waals surface area (Å²) < 4.78 is 5.51. The maximum Gasteiger partial charge on any atom is 0.323 e. The lowest BCUT2D eigenvalue weighted by Gasteiger charge is -2.09. The summed E-state index contributed by atoms with van der Waals surface area (Å²) in [6.07, 6.45) is 4.76. The molecule has 1 aliphatic rings. The van der Waals surface area contributed by atoms with E-state index in [9.17, 15) is 14.7 Å². The van der Waals surface area contributed by atoms with Crippen LogP contribution in [0.5, 0.6) is 11.5 Å². The molecule has 0 aliphatic carbocycles. The van der Waals surface area contributed by atoms with Crippen molar-refractivity contribution in [2.45, 2.75) is 6.92 Å². The molecule has 0 spiro atoms. The fourth-order valence-electron chi connectivity index (χ4n) is 1.97. The third kappa shape index (κ3) is 4.15. The maximum absolute atomic E-state index is 12.1. The highest BCUT2D eigenvalue weighted by atomic mass is 32.2. The number of hydrogen-bond donors (Lipinski definition) is 2. The molecule has 8 heteroatoms. The number of amides is 1. The first-order valence-corrected chi connectivity index (χ1v) is 8.25. The lowest BCUT2D eigenvalue weighted by molar-refractivity contribution is -0.140. The van der Waals surface area contributed by atoms with Crippen LogP contribution in [0.3, 0.4) is 0 Å². The standard InChI is InChI=1S/C16H15NO5S2/c1-2-22-11-7-3-5-10(14(11)20)6-4-8-12-15(21)17(9-13(18)19)16(23)24-12/h3-8,20H,2,9H2,1H3,(H,18,19). The van der Waals surface area contributed by atoms with Crippen LogP contribution in [0, 0.1) is 0 Å². The Morgan fingerprint density at radius 1 is 1.46 bits per heavy atom. The molecular weight excluding hydrogens is 350 g/mol. The highest BCUT2D eigenvalue weighted by Gasteiger charge is 2.32. The number of carboxylic acid groups (broad SMARTS) is 1. The number of carbonyl (C=O) groups is 2. The summed E-state index contributed by atoms with van der Waals surface area (Å²) in [6.45, 7) is 1.80. The van der Waals surface area contributed by atoms with Gasteiger partial charge in [-0.1, -0.05) is 48.3 Å². The molecule has 0 aromatic heterocycles. The Labute approximate surface area is 148 Å². The van der Waals surface area contributed by atoms with E-state index in [0.717, 1.165) is 16.7 Å². The SMILES string of the molecule is CCOc1cccc(C=CC=C2SC(=S)N(CC(=O)O)C2=O)c1O. The second-order valence-electron chi connectivity index (χ2n) is 4.67. The molecule has 0 unspecified atom stereocenters. The molecule has 6 nitrogen and oxygen atoms in total. The normalized spacial score (nSPS) is 16.4. The van der Waals surface area contributed by atoms with Gasteiger partial charge in [0.2, 0.25) is 0 Å². The number of carbonyl (C=O) groups excluding carboxylic acids is 1. The molecule has 1 amide bonds. The highest BCUT2D eigenvalue weighted by Crippen LogP contribution is 2.32. The molecule has 2 N–H and O–H groups in total. The van der Waals surface area contributed by atoms with Gasteiger partial charge in [0.15, 0.2) is 11.5 Å². The average Bonchev–Trinajstić information content (AvgIpc) is 2.78. The zero-order chi connectivity index (χ0) is 17.7. The van der Waals surface area contributed by atoms with Crippen LogP contribution in [0.1, 0.15) is 12.5 Å². The van der Waals surface area contributed by atoms with Crippen molar-refractivity contribution >= 4 is 46.3 Å². The van der Waals surface area contributed by atoms with E-state index in [0.29, 0.717) is 22.8 Å². The quantitative estimate of drug-likeness (QED) is 0.592. The minimum atomic E-state index is -1.12. The van der Waals surface area contributed by atoms with Gasteiger partial charge in [0, 0.05) is 5.56 Å². The number of thioether (sulfide) groups is 1. The van der Waals surface area contributed by atoms with Gasteiger partial charge < -0.3 is 14.9 Å². The van der Waals surface area contributed by atoms with Crippen LogP contribution >= 0.6 is 24.0 Å². The number of thiocarbonyl (C=S) groups is 1. The molecule has 24 heavy (non-hydrogen) atoms. The van der Waals surface area contributed by atoms with Crippen molar-refractivity contribution < 1.29 is 24.5 Å². The van der Waals surface area contributed by atoms with Crippen LogP contribution in [0.2, 0.25) is 0 Å². The number of hydrogen-bond acceptors (Lipinski definition) is 6. The number of carboxylic acids is 1. The van der Waals surface area contributed by atoms with E-state index in [-0.39, 0.29) is 10.1 Å². The third-order valence-corrected chi connectivity index (χ3v) is 4.42. The predicted molar refractivity (Wildman–Crippen MR) is 95.9 cm³/mol. The Hall–Kier alpha value is -2.32.